The van der Waals surface area contributed by atoms with E-state index in [0.29, 0.717) is 18.6 Å². The molecule has 179 valence electrons. The average molecular weight is 468 g/mol. The summed E-state index contributed by atoms with van der Waals surface area (Å²) >= 11 is 0. The first-order valence-corrected chi connectivity index (χ1v) is 13.2. The minimum absolute atomic E-state index is 0.0128. The van der Waals surface area contributed by atoms with Crippen molar-refractivity contribution >= 4 is 10.1 Å². The zero-order valence-electron chi connectivity index (χ0n) is 19.0. The molecule has 3 aliphatic rings. The maximum absolute atomic E-state index is 12.9. The van der Waals surface area contributed by atoms with Crippen LogP contribution >= 0.6 is 0 Å². The van der Waals surface area contributed by atoms with E-state index in [4.69, 9.17) is 23.1 Å². The Hall–Kier alpha value is -1.03. The first kappa shape index (κ1) is 24.1. The Morgan fingerprint density at radius 2 is 1.62 bits per heavy atom. The standard InChI is InChI=1S/C24H35O7S/c1-17-9-3-4-10-22(17)32(25,26)29-16-19-18(2)20(30-23-11-5-7-13-27-23)15-21(19)31-24-12-6-8-14-28-24/h3-4,9-10,18,20-21,23-24H,5-8,11-16H2,1-2H3. The van der Waals surface area contributed by atoms with Gasteiger partial charge in [-0.15, -0.1) is 0 Å². The van der Waals surface area contributed by atoms with Gasteiger partial charge in [0.15, 0.2) is 12.6 Å². The molecule has 5 unspecified atom stereocenters. The third-order valence-electron chi connectivity index (χ3n) is 6.66. The number of aryl methyl sites for hydroxylation is 1. The highest BCUT2D eigenvalue weighted by Gasteiger charge is 2.45. The molecule has 0 bridgehead atoms. The average Bonchev–Trinajstić information content (AvgIpc) is 3.08. The van der Waals surface area contributed by atoms with E-state index >= 15 is 0 Å². The quantitative estimate of drug-likeness (QED) is 0.532. The Balaban J connectivity index is 1.44. The van der Waals surface area contributed by atoms with Gasteiger partial charge in [0, 0.05) is 25.6 Å². The highest BCUT2D eigenvalue weighted by atomic mass is 32.2. The van der Waals surface area contributed by atoms with Crippen LogP contribution in [-0.2, 0) is 33.2 Å². The van der Waals surface area contributed by atoms with Gasteiger partial charge in [-0.05, 0) is 63.0 Å². The van der Waals surface area contributed by atoms with E-state index in [1.165, 1.54) is 0 Å². The van der Waals surface area contributed by atoms with E-state index in [1.54, 1.807) is 25.1 Å². The summed E-state index contributed by atoms with van der Waals surface area (Å²) in [5.41, 5.74) is 0.663. The van der Waals surface area contributed by atoms with Gasteiger partial charge in [-0.2, -0.15) is 8.42 Å². The van der Waals surface area contributed by atoms with E-state index in [2.05, 4.69) is 6.92 Å². The lowest BCUT2D eigenvalue weighted by Gasteiger charge is -2.29. The van der Waals surface area contributed by atoms with Crippen molar-refractivity contribution < 1.29 is 31.5 Å². The molecule has 0 spiro atoms. The number of rotatable bonds is 8. The van der Waals surface area contributed by atoms with E-state index in [0.717, 1.165) is 51.0 Å². The van der Waals surface area contributed by atoms with Crippen LogP contribution in [0.3, 0.4) is 0 Å². The second-order valence-electron chi connectivity index (χ2n) is 8.97. The van der Waals surface area contributed by atoms with Gasteiger partial charge in [-0.25, -0.2) is 0 Å². The van der Waals surface area contributed by atoms with Gasteiger partial charge in [-0.1, -0.05) is 25.1 Å². The molecule has 3 fully saturated rings. The zero-order chi connectivity index (χ0) is 22.6. The Morgan fingerprint density at radius 1 is 0.969 bits per heavy atom. The SMILES string of the molecule is Cc1ccccc1S(=O)(=O)OC[C]1C(OC2CCCCO2)CC(OC2CCCCO2)C1C. The number of hydrogen-bond donors (Lipinski definition) is 0. The molecule has 7 nitrogen and oxygen atoms in total. The normalized spacial score (nSPS) is 32.2. The molecule has 0 N–H and O–H groups in total. The summed E-state index contributed by atoms with van der Waals surface area (Å²) in [7, 11) is -3.88. The summed E-state index contributed by atoms with van der Waals surface area (Å²) in [4.78, 5) is 0.197. The van der Waals surface area contributed by atoms with Crippen LogP contribution in [0.25, 0.3) is 0 Å². The van der Waals surface area contributed by atoms with Crippen LogP contribution in [0.1, 0.15) is 57.4 Å². The van der Waals surface area contributed by atoms with Crippen LogP contribution in [0.5, 0.6) is 0 Å². The molecular weight excluding hydrogens is 432 g/mol. The summed E-state index contributed by atoms with van der Waals surface area (Å²) in [5.74, 6) is 0.887. The molecule has 0 amide bonds. The van der Waals surface area contributed by atoms with Gasteiger partial charge in [0.05, 0.1) is 23.7 Å². The lowest BCUT2D eigenvalue weighted by Crippen LogP contribution is -2.32. The Bertz CT molecular complexity index is 831. The van der Waals surface area contributed by atoms with Crippen LogP contribution in [0.15, 0.2) is 29.2 Å². The highest BCUT2D eigenvalue weighted by Crippen LogP contribution is 2.41. The van der Waals surface area contributed by atoms with Gasteiger partial charge in [-0.3, -0.25) is 4.18 Å². The maximum atomic E-state index is 12.9. The summed E-state index contributed by atoms with van der Waals surface area (Å²) in [6.07, 6.45) is 5.78. The van der Waals surface area contributed by atoms with Crippen LogP contribution in [0.2, 0.25) is 0 Å². The van der Waals surface area contributed by atoms with E-state index in [-0.39, 0.29) is 42.2 Å². The molecule has 1 aromatic carbocycles. The molecule has 1 aliphatic carbocycles. The predicted octanol–water partition coefficient (Wildman–Crippen LogP) is 4.14. The number of benzene rings is 1. The molecule has 0 aromatic heterocycles. The fraction of sp³-hybridized carbons (Fsp3) is 0.708. The van der Waals surface area contributed by atoms with Gasteiger partial charge in [0.25, 0.3) is 10.1 Å². The first-order chi connectivity index (χ1) is 15.4. The first-order valence-electron chi connectivity index (χ1n) is 11.8. The molecular formula is C24H35O7S. The molecule has 2 saturated heterocycles. The van der Waals surface area contributed by atoms with E-state index in [9.17, 15) is 8.42 Å². The molecule has 1 aromatic rings. The highest BCUT2D eigenvalue weighted by molar-refractivity contribution is 7.86. The topological polar surface area (TPSA) is 80.3 Å². The van der Waals surface area contributed by atoms with Crippen molar-refractivity contribution in [3.8, 4) is 0 Å². The molecule has 5 atom stereocenters. The molecule has 1 saturated carbocycles. The van der Waals surface area contributed by atoms with Gasteiger partial charge < -0.3 is 18.9 Å². The third kappa shape index (κ3) is 5.90. The molecule has 32 heavy (non-hydrogen) atoms. The fourth-order valence-electron chi connectivity index (χ4n) is 4.70. The van der Waals surface area contributed by atoms with Crippen molar-refractivity contribution in [1.29, 1.82) is 0 Å². The summed E-state index contributed by atoms with van der Waals surface area (Å²) < 4.78 is 55.4. The Morgan fingerprint density at radius 3 is 2.25 bits per heavy atom. The van der Waals surface area contributed by atoms with Crippen molar-refractivity contribution in [2.45, 2.75) is 88.5 Å². The van der Waals surface area contributed by atoms with Crippen molar-refractivity contribution in [3.05, 3.63) is 35.7 Å². The van der Waals surface area contributed by atoms with Crippen molar-refractivity contribution in [3.63, 3.8) is 0 Å². The van der Waals surface area contributed by atoms with E-state index < -0.39 is 10.1 Å². The second-order valence-corrected chi connectivity index (χ2v) is 10.6. The van der Waals surface area contributed by atoms with Crippen LogP contribution in [0, 0.1) is 18.8 Å². The van der Waals surface area contributed by atoms with Crippen LogP contribution in [0.4, 0.5) is 0 Å². The van der Waals surface area contributed by atoms with E-state index in [1.807, 2.05) is 6.07 Å². The van der Waals surface area contributed by atoms with Crippen LogP contribution in [-0.4, -0.2) is 53.0 Å². The maximum Gasteiger partial charge on any atom is 0.297 e. The van der Waals surface area contributed by atoms with Crippen LogP contribution < -0.4 is 0 Å². The number of hydrogen-bond acceptors (Lipinski definition) is 7. The second kappa shape index (κ2) is 10.9. The predicted molar refractivity (Wildman–Crippen MR) is 118 cm³/mol. The largest absolute Gasteiger partial charge is 0.353 e. The lowest BCUT2D eigenvalue weighted by atomic mass is 9.96. The molecule has 8 heteroatoms. The smallest absolute Gasteiger partial charge is 0.297 e. The summed E-state index contributed by atoms with van der Waals surface area (Å²) in [6.45, 7) is 5.20. The summed E-state index contributed by atoms with van der Waals surface area (Å²) in [6, 6.07) is 6.85. The molecule has 2 heterocycles. The van der Waals surface area contributed by atoms with Gasteiger partial charge in [0.1, 0.15) is 0 Å². The lowest BCUT2D eigenvalue weighted by molar-refractivity contribution is -0.202. The molecule has 2 aliphatic heterocycles. The molecule has 1 radical (unpaired) electrons. The minimum atomic E-state index is -3.88. The van der Waals surface area contributed by atoms with Crippen molar-refractivity contribution in [2.75, 3.05) is 19.8 Å². The van der Waals surface area contributed by atoms with Gasteiger partial charge in [0.2, 0.25) is 0 Å². The molecule has 4 rings (SSSR count). The third-order valence-corrected chi connectivity index (χ3v) is 8.09. The summed E-state index contributed by atoms with van der Waals surface area (Å²) in [5, 5.41) is 0. The monoisotopic (exact) mass is 467 g/mol. The van der Waals surface area contributed by atoms with Gasteiger partial charge >= 0.3 is 0 Å². The van der Waals surface area contributed by atoms with Crippen molar-refractivity contribution in [1.82, 2.24) is 0 Å². The number of ether oxygens (including phenoxy) is 4. The zero-order valence-corrected chi connectivity index (χ0v) is 19.8. The van der Waals surface area contributed by atoms with Crippen molar-refractivity contribution in [2.24, 2.45) is 5.92 Å². The Kier molecular flexibility index (Phi) is 8.23. The fourth-order valence-corrected chi connectivity index (χ4v) is 5.83. The minimum Gasteiger partial charge on any atom is -0.353 e. The Labute approximate surface area is 191 Å².